The molecule has 0 radical (unpaired) electrons. The average Bonchev–Trinajstić information content (AvgIpc) is 2.92. The summed E-state index contributed by atoms with van der Waals surface area (Å²) in [5.74, 6) is 1.58. The molecule has 1 unspecified atom stereocenters. The van der Waals surface area contributed by atoms with Crippen molar-refractivity contribution in [1.82, 2.24) is 5.32 Å². The van der Waals surface area contributed by atoms with Crippen LogP contribution in [0.15, 0.2) is 18.2 Å². The molecule has 1 fully saturated rings. The van der Waals surface area contributed by atoms with Gasteiger partial charge in [0.05, 0.1) is 0 Å². The molecule has 0 amide bonds. The minimum Gasteiger partial charge on any atom is -0.489 e. The Hall–Kier alpha value is -1.02. The second-order valence-electron chi connectivity index (χ2n) is 6.50. The Morgan fingerprint density at radius 2 is 1.90 bits per heavy atom. The first-order valence-corrected chi connectivity index (χ1v) is 8.07. The maximum absolute atomic E-state index is 6.13. The molecule has 20 heavy (non-hydrogen) atoms. The lowest BCUT2D eigenvalue weighted by atomic mass is 10.0. The van der Waals surface area contributed by atoms with E-state index in [1.165, 1.54) is 36.8 Å². The summed E-state index contributed by atoms with van der Waals surface area (Å²) < 4.78 is 6.13. The summed E-state index contributed by atoms with van der Waals surface area (Å²) in [6.45, 7) is 9.66. The van der Waals surface area contributed by atoms with E-state index in [2.05, 4.69) is 51.2 Å². The van der Waals surface area contributed by atoms with Crippen molar-refractivity contribution in [2.45, 2.75) is 71.4 Å². The first kappa shape index (κ1) is 15.4. The number of ether oxygens (including phenoxy) is 1. The van der Waals surface area contributed by atoms with Crippen molar-refractivity contribution in [3.63, 3.8) is 0 Å². The fraction of sp³-hybridized carbons (Fsp3) is 0.667. The Labute approximate surface area is 123 Å². The van der Waals surface area contributed by atoms with Crippen LogP contribution in [0.2, 0.25) is 0 Å². The Morgan fingerprint density at radius 3 is 2.55 bits per heavy atom. The minimum atomic E-state index is 0.219. The summed E-state index contributed by atoms with van der Waals surface area (Å²) in [7, 11) is 0. The lowest BCUT2D eigenvalue weighted by Gasteiger charge is -2.20. The molecule has 0 saturated heterocycles. The summed E-state index contributed by atoms with van der Waals surface area (Å²) in [5.41, 5.74) is 2.57. The van der Waals surface area contributed by atoms with Crippen LogP contribution in [0.4, 0.5) is 0 Å². The molecular formula is C18H29NO. The van der Waals surface area contributed by atoms with Crippen molar-refractivity contribution in [3.8, 4) is 5.75 Å². The van der Waals surface area contributed by atoms with Crippen molar-refractivity contribution in [2.24, 2.45) is 0 Å². The Kier molecular flexibility index (Phi) is 5.47. The molecule has 0 aliphatic heterocycles. The van der Waals surface area contributed by atoms with E-state index in [0.717, 1.165) is 12.3 Å². The highest BCUT2D eigenvalue weighted by molar-refractivity contribution is 5.37. The fourth-order valence-electron chi connectivity index (χ4n) is 2.82. The maximum atomic E-state index is 6.13. The van der Waals surface area contributed by atoms with Gasteiger partial charge >= 0.3 is 0 Å². The largest absolute Gasteiger partial charge is 0.489 e. The molecular weight excluding hydrogens is 246 g/mol. The molecule has 0 bridgehead atoms. The Bertz CT molecular complexity index is 421. The molecule has 2 nitrogen and oxygen atoms in total. The quantitative estimate of drug-likeness (QED) is 0.830. The number of rotatable bonds is 6. The van der Waals surface area contributed by atoms with Gasteiger partial charge in [0, 0.05) is 12.6 Å². The van der Waals surface area contributed by atoms with Gasteiger partial charge in [-0.1, -0.05) is 38.8 Å². The standard InChI is InChI=1S/C18H29NO/c1-13(2)16-10-9-14(3)18(11-16)20-15(4)12-19-17-7-5-6-8-17/h9-11,13,15,17,19H,5-8,12H2,1-4H3. The zero-order chi connectivity index (χ0) is 14.5. The highest BCUT2D eigenvalue weighted by Crippen LogP contribution is 2.25. The van der Waals surface area contributed by atoms with Crippen LogP contribution in [0, 0.1) is 6.92 Å². The summed E-state index contributed by atoms with van der Waals surface area (Å²) >= 11 is 0. The fourth-order valence-corrected chi connectivity index (χ4v) is 2.82. The molecule has 1 aromatic carbocycles. The molecule has 1 aromatic rings. The monoisotopic (exact) mass is 275 g/mol. The minimum absolute atomic E-state index is 0.219. The van der Waals surface area contributed by atoms with E-state index >= 15 is 0 Å². The second-order valence-corrected chi connectivity index (χ2v) is 6.50. The van der Waals surface area contributed by atoms with E-state index < -0.39 is 0 Å². The smallest absolute Gasteiger partial charge is 0.122 e. The molecule has 1 atom stereocenters. The van der Waals surface area contributed by atoms with Gasteiger partial charge in [-0.15, -0.1) is 0 Å². The van der Waals surface area contributed by atoms with Gasteiger partial charge in [0.1, 0.15) is 11.9 Å². The average molecular weight is 275 g/mol. The van der Waals surface area contributed by atoms with Gasteiger partial charge in [-0.3, -0.25) is 0 Å². The molecule has 2 heteroatoms. The van der Waals surface area contributed by atoms with Gasteiger partial charge in [-0.05, 0) is 49.8 Å². The maximum Gasteiger partial charge on any atom is 0.122 e. The van der Waals surface area contributed by atoms with Crippen LogP contribution in [0.1, 0.15) is 63.5 Å². The summed E-state index contributed by atoms with van der Waals surface area (Å²) in [6.07, 6.45) is 5.63. The first-order chi connectivity index (χ1) is 9.56. The van der Waals surface area contributed by atoms with Crippen LogP contribution in [0.5, 0.6) is 5.75 Å². The van der Waals surface area contributed by atoms with Crippen LogP contribution in [0.3, 0.4) is 0 Å². The van der Waals surface area contributed by atoms with Crippen LogP contribution < -0.4 is 10.1 Å². The number of nitrogens with one attached hydrogen (secondary N) is 1. The number of hydrogen-bond donors (Lipinski definition) is 1. The lowest BCUT2D eigenvalue weighted by molar-refractivity contribution is 0.210. The lowest BCUT2D eigenvalue weighted by Crippen LogP contribution is -2.35. The molecule has 112 valence electrons. The van der Waals surface area contributed by atoms with Crippen LogP contribution in [-0.4, -0.2) is 18.7 Å². The van der Waals surface area contributed by atoms with Crippen molar-refractivity contribution in [1.29, 1.82) is 0 Å². The molecule has 1 saturated carbocycles. The Morgan fingerprint density at radius 1 is 1.20 bits per heavy atom. The SMILES string of the molecule is Cc1ccc(C(C)C)cc1OC(C)CNC1CCCC1. The van der Waals surface area contributed by atoms with Crippen molar-refractivity contribution < 1.29 is 4.74 Å². The predicted octanol–water partition coefficient (Wildman–Crippen LogP) is 4.42. The zero-order valence-electron chi connectivity index (χ0n) is 13.4. The van der Waals surface area contributed by atoms with E-state index in [0.29, 0.717) is 12.0 Å². The van der Waals surface area contributed by atoms with Gasteiger partial charge < -0.3 is 10.1 Å². The molecule has 1 aliphatic carbocycles. The topological polar surface area (TPSA) is 21.3 Å². The van der Waals surface area contributed by atoms with Gasteiger partial charge in [-0.25, -0.2) is 0 Å². The summed E-state index contributed by atoms with van der Waals surface area (Å²) in [6, 6.07) is 7.28. The summed E-state index contributed by atoms with van der Waals surface area (Å²) in [5, 5.41) is 3.63. The third kappa shape index (κ3) is 4.24. The molecule has 2 rings (SSSR count). The molecule has 0 heterocycles. The van der Waals surface area contributed by atoms with Crippen LogP contribution in [-0.2, 0) is 0 Å². The third-order valence-corrected chi connectivity index (χ3v) is 4.26. The van der Waals surface area contributed by atoms with Gasteiger partial charge in [0.15, 0.2) is 0 Å². The predicted molar refractivity (Wildman–Crippen MR) is 85.6 cm³/mol. The van der Waals surface area contributed by atoms with Crippen LogP contribution >= 0.6 is 0 Å². The van der Waals surface area contributed by atoms with E-state index in [9.17, 15) is 0 Å². The second kappa shape index (κ2) is 7.12. The van der Waals surface area contributed by atoms with E-state index in [-0.39, 0.29) is 6.10 Å². The zero-order valence-corrected chi connectivity index (χ0v) is 13.4. The molecule has 1 aliphatic rings. The molecule has 1 N–H and O–H groups in total. The van der Waals surface area contributed by atoms with E-state index in [1.807, 2.05) is 0 Å². The van der Waals surface area contributed by atoms with Crippen molar-refractivity contribution in [2.75, 3.05) is 6.54 Å². The summed E-state index contributed by atoms with van der Waals surface area (Å²) in [4.78, 5) is 0. The normalized spacial score (nSPS) is 17.6. The third-order valence-electron chi connectivity index (χ3n) is 4.26. The highest BCUT2D eigenvalue weighted by Gasteiger charge is 2.16. The molecule has 0 spiro atoms. The van der Waals surface area contributed by atoms with E-state index in [1.54, 1.807) is 0 Å². The highest BCUT2D eigenvalue weighted by atomic mass is 16.5. The number of hydrogen-bond acceptors (Lipinski definition) is 2. The number of benzene rings is 1. The first-order valence-electron chi connectivity index (χ1n) is 8.07. The van der Waals surface area contributed by atoms with Crippen molar-refractivity contribution in [3.05, 3.63) is 29.3 Å². The van der Waals surface area contributed by atoms with Gasteiger partial charge in [0.25, 0.3) is 0 Å². The Balaban J connectivity index is 1.89. The molecule has 0 aromatic heterocycles. The van der Waals surface area contributed by atoms with Gasteiger partial charge in [-0.2, -0.15) is 0 Å². The van der Waals surface area contributed by atoms with Crippen molar-refractivity contribution >= 4 is 0 Å². The van der Waals surface area contributed by atoms with Gasteiger partial charge in [0.2, 0.25) is 0 Å². The number of aryl methyl sites for hydroxylation is 1. The van der Waals surface area contributed by atoms with Crippen LogP contribution in [0.25, 0.3) is 0 Å². The van der Waals surface area contributed by atoms with E-state index in [4.69, 9.17) is 4.74 Å².